The van der Waals surface area contributed by atoms with E-state index < -0.39 is 17.8 Å². The van der Waals surface area contributed by atoms with E-state index in [-0.39, 0.29) is 5.57 Å². The van der Waals surface area contributed by atoms with Crippen LogP contribution in [0.3, 0.4) is 0 Å². The highest BCUT2D eigenvalue weighted by atomic mass is 79.9. The summed E-state index contributed by atoms with van der Waals surface area (Å²) in [5.41, 5.74) is 0.904. The number of anilines is 1. The van der Waals surface area contributed by atoms with E-state index in [0.29, 0.717) is 17.0 Å². The maximum absolute atomic E-state index is 12.7. The third kappa shape index (κ3) is 3.46. The topological polar surface area (TPSA) is 75.7 Å². The molecule has 1 heterocycles. The first-order valence-electron chi connectivity index (χ1n) is 7.30. The van der Waals surface area contributed by atoms with Gasteiger partial charge in [-0.05, 0) is 48.0 Å². The fourth-order valence-electron chi connectivity index (χ4n) is 2.35. The molecule has 3 rings (SSSR count). The van der Waals surface area contributed by atoms with Crippen LogP contribution in [0.5, 0.6) is 5.75 Å². The molecule has 2 aromatic carbocycles. The molecular formula is C18H13BrN2O4. The van der Waals surface area contributed by atoms with E-state index in [4.69, 9.17) is 4.74 Å². The van der Waals surface area contributed by atoms with Gasteiger partial charge in [0.25, 0.3) is 11.8 Å². The first kappa shape index (κ1) is 16.9. The molecule has 1 fully saturated rings. The van der Waals surface area contributed by atoms with Crippen LogP contribution in [0.2, 0.25) is 0 Å². The molecule has 1 saturated heterocycles. The number of carbonyl (C=O) groups excluding carboxylic acids is 3. The van der Waals surface area contributed by atoms with Gasteiger partial charge in [0.05, 0.1) is 12.8 Å². The molecule has 126 valence electrons. The summed E-state index contributed by atoms with van der Waals surface area (Å²) in [5.74, 6) is -0.806. The minimum atomic E-state index is -0.784. The number of nitrogens with zero attached hydrogens (tertiary/aromatic N) is 1. The number of ether oxygens (including phenoxy) is 1. The third-order valence-corrected chi connectivity index (χ3v) is 4.14. The van der Waals surface area contributed by atoms with Crippen LogP contribution in [0.4, 0.5) is 10.5 Å². The summed E-state index contributed by atoms with van der Waals surface area (Å²) in [7, 11) is 1.52. The average Bonchev–Trinajstić information content (AvgIpc) is 2.60. The third-order valence-electron chi connectivity index (χ3n) is 3.61. The van der Waals surface area contributed by atoms with Crippen LogP contribution in [0.25, 0.3) is 6.08 Å². The maximum Gasteiger partial charge on any atom is 0.335 e. The first-order valence-corrected chi connectivity index (χ1v) is 8.10. The van der Waals surface area contributed by atoms with E-state index in [0.717, 1.165) is 9.37 Å². The van der Waals surface area contributed by atoms with E-state index in [2.05, 4.69) is 21.2 Å². The molecule has 1 N–H and O–H groups in total. The molecule has 0 bridgehead atoms. The lowest BCUT2D eigenvalue weighted by Gasteiger charge is -2.26. The Morgan fingerprint density at radius 2 is 1.64 bits per heavy atom. The summed E-state index contributed by atoms with van der Waals surface area (Å²) in [6.45, 7) is 0. The van der Waals surface area contributed by atoms with Crippen molar-refractivity contribution < 1.29 is 19.1 Å². The van der Waals surface area contributed by atoms with Crippen molar-refractivity contribution in [1.29, 1.82) is 0 Å². The Bertz CT molecular complexity index is 873. The molecule has 2 aromatic rings. The largest absolute Gasteiger partial charge is 0.497 e. The summed E-state index contributed by atoms with van der Waals surface area (Å²) in [4.78, 5) is 37.8. The normalized spacial score (nSPS) is 16.2. The van der Waals surface area contributed by atoms with Gasteiger partial charge in [-0.25, -0.2) is 9.69 Å². The smallest absolute Gasteiger partial charge is 0.335 e. The zero-order valence-electron chi connectivity index (χ0n) is 13.2. The molecule has 0 aliphatic carbocycles. The summed E-state index contributed by atoms with van der Waals surface area (Å²) in [6.07, 6.45) is 1.45. The molecular weight excluding hydrogens is 388 g/mol. The number of barbiturate groups is 1. The van der Waals surface area contributed by atoms with E-state index in [1.165, 1.54) is 13.2 Å². The molecule has 0 unspecified atom stereocenters. The van der Waals surface area contributed by atoms with Gasteiger partial charge in [0, 0.05) is 4.47 Å². The second-order valence-electron chi connectivity index (χ2n) is 5.21. The number of methoxy groups -OCH3 is 1. The fourth-order valence-corrected chi connectivity index (χ4v) is 2.61. The minimum absolute atomic E-state index is 0.113. The molecule has 0 aromatic heterocycles. The van der Waals surface area contributed by atoms with E-state index >= 15 is 0 Å². The molecule has 0 spiro atoms. The molecule has 0 radical (unpaired) electrons. The molecule has 1 aliphatic rings. The highest BCUT2D eigenvalue weighted by molar-refractivity contribution is 9.10. The van der Waals surface area contributed by atoms with Crippen LogP contribution in [0, 0.1) is 0 Å². The molecule has 6 nitrogen and oxygen atoms in total. The SMILES string of the molecule is COc1ccc(N2C(=O)NC(=O)/C(=C\c3ccc(Br)cc3)C2=O)cc1. The Labute approximate surface area is 152 Å². The van der Waals surface area contributed by atoms with Gasteiger partial charge in [-0.15, -0.1) is 0 Å². The van der Waals surface area contributed by atoms with Crippen molar-refractivity contribution in [2.75, 3.05) is 12.0 Å². The quantitative estimate of drug-likeness (QED) is 0.634. The fraction of sp³-hybridized carbons (Fsp3) is 0.0556. The highest BCUT2D eigenvalue weighted by Crippen LogP contribution is 2.24. The number of hydrogen-bond donors (Lipinski definition) is 1. The van der Waals surface area contributed by atoms with Crippen LogP contribution >= 0.6 is 15.9 Å². The van der Waals surface area contributed by atoms with Crippen LogP contribution in [0.1, 0.15) is 5.56 Å². The number of hydrogen-bond acceptors (Lipinski definition) is 4. The van der Waals surface area contributed by atoms with E-state index in [1.54, 1.807) is 48.5 Å². The van der Waals surface area contributed by atoms with Gasteiger partial charge in [-0.2, -0.15) is 0 Å². The van der Waals surface area contributed by atoms with Crippen molar-refractivity contribution in [2.24, 2.45) is 0 Å². The van der Waals surface area contributed by atoms with Gasteiger partial charge in [-0.3, -0.25) is 14.9 Å². The van der Waals surface area contributed by atoms with Gasteiger partial charge in [0.2, 0.25) is 0 Å². The monoisotopic (exact) mass is 400 g/mol. The summed E-state index contributed by atoms with van der Waals surface area (Å²) in [6, 6.07) is 12.7. The number of nitrogens with one attached hydrogen (secondary N) is 1. The highest BCUT2D eigenvalue weighted by Gasteiger charge is 2.36. The standard InChI is InChI=1S/C18H13BrN2O4/c1-25-14-8-6-13(7-9-14)21-17(23)15(16(22)20-18(21)24)10-11-2-4-12(19)5-3-11/h2-10H,1H3,(H,20,22,24)/b15-10+. The Morgan fingerprint density at radius 1 is 1.00 bits per heavy atom. The van der Waals surface area contributed by atoms with Crippen LogP contribution < -0.4 is 15.0 Å². The predicted molar refractivity (Wildman–Crippen MR) is 96.1 cm³/mol. The zero-order valence-corrected chi connectivity index (χ0v) is 14.7. The molecule has 1 aliphatic heterocycles. The molecule has 0 saturated carbocycles. The van der Waals surface area contributed by atoms with Crippen molar-refractivity contribution >= 4 is 45.5 Å². The summed E-state index contributed by atoms with van der Waals surface area (Å²) >= 11 is 3.32. The predicted octanol–water partition coefficient (Wildman–Crippen LogP) is 3.12. The van der Waals surface area contributed by atoms with Crippen molar-refractivity contribution in [1.82, 2.24) is 5.32 Å². The van der Waals surface area contributed by atoms with Gasteiger partial charge in [0.15, 0.2) is 0 Å². The Morgan fingerprint density at radius 3 is 2.24 bits per heavy atom. The van der Waals surface area contributed by atoms with Gasteiger partial charge >= 0.3 is 6.03 Å². The van der Waals surface area contributed by atoms with Crippen LogP contribution in [-0.4, -0.2) is 25.0 Å². The van der Waals surface area contributed by atoms with Gasteiger partial charge in [-0.1, -0.05) is 28.1 Å². The van der Waals surface area contributed by atoms with Crippen LogP contribution in [0.15, 0.2) is 58.6 Å². The number of carbonyl (C=O) groups is 3. The minimum Gasteiger partial charge on any atom is -0.497 e. The van der Waals surface area contributed by atoms with Crippen molar-refractivity contribution in [2.45, 2.75) is 0 Å². The van der Waals surface area contributed by atoms with Crippen molar-refractivity contribution in [3.63, 3.8) is 0 Å². The Kier molecular flexibility index (Phi) is 4.67. The first-order chi connectivity index (χ1) is 12.0. The maximum atomic E-state index is 12.7. The number of amides is 4. The zero-order chi connectivity index (χ0) is 18.0. The Balaban J connectivity index is 1.97. The lowest BCUT2D eigenvalue weighted by atomic mass is 10.1. The second-order valence-corrected chi connectivity index (χ2v) is 6.12. The molecule has 4 amide bonds. The summed E-state index contributed by atoms with van der Waals surface area (Å²) in [5, 5.41) is 2.19. The molecule has 0 atom stereocenters. The number of benzene rings is 2. The number of urea groups is 1. The van der Waals surface area contributed by atoms with Gasteiger partial charge in [0.1, 0.15) is 11.3 Å². The van der Waals surface area contributed by atoms with Crippen molar-refractivity contribution in [3.05, 3.63) is 64.1 Å². The van der Waals surface area contributed by atoms with E-state index in [9.17, 15) is 14.4 Å². The van der Waals surface area contributed by atoms with Gasteiger partial charge < -0.3 is 4.74 Å². The number of imide groups is 2. The summed E-state index contributed by atoms with van der Waals surface area (Å²) < 4.78 is 5.94. The molecule has 7 heteroatoms. The number of halogens is 1. The van der Waals surface area contributed by atoms with E-state index in [1.807, 2.05) is 0 Å². The number of rotatable bonds is 3. The van der Waals surface area contributed by atoms with Crippen molar-refractivity contribution in [3.8, 4) is 5.75 Å². The second kappa shape index (κ2) is 6.90. The van der Waals surface area contributed by atoms with Crippen LogP contribution in [-0.2, 0) is 9.59 Å². The average molecular weight is 401 g/mol. The lowest BCUT2D eigenvalue weighted by molar-refractivity contribution is -0.122. The lowest BCUT2D eigenvalue weighted by Crippen LogP contribution is -2.54. The Hall–Kier alpha value is -2.93. The molecule has 25 heavy (non-hydrogen) atoms.